The second-order valence-electron chi connectivity index (χ2n) is 4.69. The molecule has 0 atom stereocenters. The SMILES string of the molecule is C=C/C=C1\C(=C)C(=O)N(Cc2cc(Br)cc(C)c2F)C1=O. The summed E-state index contributed by atoms with van der Waals surface area (Å²) in [4.78, 5) is 25.3. The van der Waals surface area contributed by atoms with Crippen LogP contribution in [0.5, 0.6) is 0 Å². The van der Waals surface area contributed by atoms with Gasteiger partial charge in [-0.3, -0.25) is 14.5 Å². The zero-order valence-electron chi connectivity index (χ0n) is 11.5. The maximum absolute atomic E-state index is 14.1. The van der Waals surface area contributed by atoms with E-state index in [9.17, 15) is 14.0 Å². The second kappa shape index (κ2) is 5.77. The van der Waals surface area contributed by atoms with Crippen molar-refractivity contribution < 1.29 is 14.0 Å². The van der Waals surface area contributed by atoms with Crippen LogP contribution >= 0.6 is 15.9 Å². The van der Waals surface area contributed by atoms with E-state index < -0.39 is 17.6 Å². The van der Waals surface area contributed by atoms with Gasteiger partial charge in [-0.1, -0.05) is 35.2 Å². The summed E-state index contributed by atoms with van der Waals surface area (Å²) >= 11 is 3.28. The average molecular weight is 350 g/mol. The molecule has 2 amide bonds. The molecule has 1 fully saturated rings. The van der Waals surface area contributed by atoms with Crippen LogP contribution in [-0.2, 0) is 16.1 Å². The van der Waals surface area contributed by atoms with Crippen LogP contribution in [0.1, 0.15) is 11.1 Å². The summed E-state index contributed by atoms with van der Waals surface area (Å²) in [6.07, 6.45) is 2.85. The van der Waals surface area contributed by atoms with Gasteiger partial charge in [0.05, 0.1) is 12.1 Å². The van der Waals surface area contributed by atoms with Crippen molar-refractivity contribution in [1.29, 1.82) is 0 Å². The molecule has 0 spiro atoms. The molecule has 1 heterocycles. The smallest absolute Gasteiger partial charge is 0.261 e. The highest BCUT2D eigenvalue weighted by molar-refractivity contribution is 9.10. The predicted molar refractivity (Wildman–Crippen MR) is 81.8 cm³/mol. The van der Waals surface area contributed by atoms with E-state index in [-0.39, 0.29) is 23.3 Å². The number of rotatable bonds is 3. The Bertz CT molecular complexity index is 706. The Morgan fingerprint density at radius 2 is 2.00 bits per heavy atom. The minimum Gasteiger partial charge on any atom is -0.270 e. The Balaban J connectivity index is 2.39. The van der Waals surface area contributed by atoms with Crippen molar-refractivity contribution >= 4 is 27.7 Å². The van der Waals surface area contributed by atoms with Gasteiger partial charge in [0.25, 0.3) is 11.8 Å². The van der Waals surface area contributed by atoms with Gasteiger partial charge in [-0.25, -0.2) is 4.39 Å². The van der Waals surface area contributed by atoms with E-state index in [0.717, 1.165) is 4.90 Å². The van der Waals surface area contributed by atoms with Gasteiger partial charge in [-0.05, 0) is 30.7 Å². The topological polar surface area (TPSA) is 37.4 Å². The molecule has 3 nitrogen and oxygen atoms in total. The zero-order chi connectivity index (χ0) is 15.7. The lowest BCUT2D eigenvalue weighted by molar-refractivity contribution is -0.137. The summed E-state index contributed by atoms with van der Waals surface area (Å²) in [5.41, 5.74) is 1.02. The Labute approximate surface area is 130 Å². The van der Waals surface area contributed by atoms with E-state index in [1.807, 2.05) is 0 Å². The van der Waals surface area contributed by atoms with Gasteiger partial charge in [0.2, 0.25) is 0 Å². The number of nitrogens with zero attached hydrogens (tertiary/aromatic N) is 1. The predicted octanol–water partition coefficient (Wildman–Crippen LogP) is 3.43. The van der Waals surface area contributed by atoms with Crippen molar-refractivity contribution in [1.82, 2.24) is 4.90 Å². The minimum atomic E-state index is -0.509. The van der Waals surface area contributed by atoms with Crippen molar-refractivity contribution in [3.63, 3.8) is 0 Å². The molecule has 5 heteroatoms. The van der Waals surface area contributed by atoms with Gasteiger partial charge in [0.15, 0.2) is 0 Å². The van der Waals surface area contributed by atoms with Crippen molar-refractivity contribution in [2.45, 2.75) is 13.5 Å². The molecule has 1 aromatic rings. The maximum atomic E-state index is 14.1. The Kier molecular flexibility index (Phi) is 4.23. The lowest BCUT2D eigenvalue weighted by Gasteiger charge is -2.15. The number of likely N-dealkylation sites (tertiary alicyclic amines) is 1. The number of hydrogen-bond acceptors (Lipinski definition) is 2. The van der Waals surface area contributed by atoms with Crippen LogP contribution in [0.25, 0.3) is 0 Å². The summed E-state index contributed by atoms with van der Waals surface area (Å²) in [7, 11) is 0. The van der Waals surface area contributed by atoms with Crippen LogP contribution < -0.4 is 0 Å². The quantitative estimate of drug-likeness (QED) is 0.619. The molecule has 0 radical (unpaired) electrons. The maximum Gasteiger partial charge on any atom is 0.261 e. The van der Waals surface area contributed by atoms with Gasteiger partial charge in [-0.2, -0.15) is 0 Å². The number of benzene rings is 1. The normalized spacial score (nSPS) is 17.0. The number of halogens is 2. The molecule has 0 saturated carbocycles. The number of hydrogen-bond donors (Lipinski definition) is 0. The Hall–Kier alpha value is -2.01. The number of imide groups is 1. The molecule has 1 aliphatic heterocycles. The highest BCUT2D eigenvalue weighted by Gasteiger charge is 2.37. The highest BCUT2D eigenvalue weighted by atomic mass is 79.9. The first-order valence-corrected chi connectivity index (χ1v) is 6.98. The number of amides is 2. The zero-order valence-corrected chi connectivity index (χ0v) is 13.0. The highest BCUT2D eigenvalue weighted by Crippen LogP contribution is 2.27. The third-order valence-corrected chi connectivity index (χ3v) is 3.67. The minimum absolute atomic E-state index is 0.104. The van der Waals surface area contributed by atoms with E-state index in [0.29, 0.717) is 10.0 Å². The van der Waals surface area contributed by atoms with Crippen LogP contribution in [-0.4, -0.2) is 16.7 Å². The standard InChI is InChI=1S/C16H13BrFNO2/c1-4-5-13-10(3)15(20)19(16(13)21)8-11-7-12(17)6-9(2)14(11)18/h4-7H,1,3,8H2,2H3/b13-5+. The van der Waals surface area contributed by atoms with E-state index in [1.54, 1.807) is 19.1 Å². The molecule has 1 saturated heterocycles. The van der Waals surface area contributed by atoms with Crippen LogP contribution in [0.15, 0.2) is 53.1 Å². The number of allylic oxidation sites excluding steroid dienone is 2. The monoisotopic (exact) mass is 349 g/mol. The third kappa shape index (κ3) is 2.74. The third-order valence-electron chi connectivity index (χ3n) is 3.21. The van der Waals surface area contributed by atoms with Crippen molar-refractivity contribution in [2.75, 3.05) is 0 Å². The summed E-state index contributed by atoms with van der Waals surface area (Å²) in [5.74, 6) is -1.42. The molecule has 108 valence electrons. The summed E-state index contributed by atoms with van der Waals surface area (Å²) in [5, 5.41) is 0. The van der Waals surface area contributed by atoms with Crippen LogP contribution in [0.2, 0.25) is 0 Å². The molecular formula is C16H13BrFNO2. The molecule has 21 heavy (non-hydrogen) atoms. The molecule has 1 aliphatic rings. The molecule has 0 aromatic heterocycles. The molecule has 1 aromatic carbocycles. The van der Waals surface area contributed by atoms with Gasteiger partial charge < -0.3 is 0 Å². The number of carbonyl (C=O) groups is 2. The fraction of sp³-hybridized carbons (Fsp3) is 0.125. The van der Waals surface area contributed by atoms with E-state index in [2.05, 4.69) is 29.1 Å². The van der Waals surface area contributed by atoms with E-state index >= 15 is 0 Å². The van der Waals surface area contributed by atoms with Crippen molar-refractivity contribution in [3.05, 3.63) is 70.0 Å². The number of aryl methyl sites for hydroxylation is 1. The second-order valence-corrected chi connectivity index (χ2v) is 5.60. The molecule has 0 bridgehead atoms. The van der Waals surface area contributed by atoms with Crippen LogP contribution in [0.4, 0.5) is 4.39 Å². The van der Waals surface area contributed by atoms with Gasteiger partial charge in [0, 0.05) is 15.6 Å². The van der Waals surface area contributed by atoms with E-state index in [1.165, 1.54) is 12.2 Å². The first kappa shape index (κ1) is 15.4. The van der Waals surface area contributed by atoms with Gasteiger partial charge in [-0.15, -0.1) is 0 Å². The Morgan fingerprint density at radius 1 is 1.33 bits per heavy atom. The molecular weight excluding hydrogens is 337 g/mol. The fourth-order valence-electron chi connectivity index (χ4n) is 2.16. The summed E-state index contributed by atoms with van der Waals surface area (Å²) in [6.45, 7) is 8.60. The first-order chi connectivity index (χ1) is 9.86. The van der Waals surface area contributed by atoms with Crippen LogP contribution in [0.3, 0.4) is 0 Å². The average Bonchev–Trinajstić information content (AvgIpc) is 2.62. The largest absolute Gasteiger partial charge is 0.270 e. The number of carbonyl (C=O) groups excluding carboxylic acids is 2. The van der Waals surface area contributed by atoms with Crippen molar-refractivity contribution in [2.24, 2.45) is 0 Å². The molecule has 0 N–H and O–H groups in total. The lowest BCUT2D eigenvalue weighted by atomic mass is 10.1. The summed E-state index contributed by atoms with van der Waals surface area (Å²) < 4.78 is 14.8. The fourth-order valence-corrected chi connectivity index (χ4v) is 2.78. The van der Waals surface area contributed by atoms with Crippen LogP contribution in [0, 0.1) is 12.7 Å². The van der Waals surface area contributed by atoms with E-state index in [4.69, 9.17) is 0 Å². The molecule has 0 aliphatic carbocycles. The Morgan fingerprint density at radius 3 is 2.62 bits per heavy atom. The van der Waals surface area contributed by atoms with Gasteiger partial charge in [0.1, 0.15) is 5.82 Å². The van der Waals surface area contributed by atoms with Crippen molar-refractivity contribution in [3.8, 4) is 0 Å². The van der Waals surface area contributed by atoms with Gasteiger partial charge >= 0.3 is 0 Å². The molecule has 0 unspecified atom stereocenters. The molecule has 2 rings (SSSR count). The summed E-state index contributed by atoms with van der Waals surface area (Å²) in [6, 6.07) is 3.19. The lowest BCUT2D eigenvalue weighted by Crippen LogP contribution is -2.29. The first-order valence-electron chi connectivity index (χ1n) is 6.19.